The zero-order valence-electron chi connectivity index (χ0n) is 9.96. The Labute approximate surface area is 105 Å². The number of nitrogen functional groups attached to an aromatic ring is 1. The fourth-order valence-electron chi connectivity index (χ4n) is 1.52. The van der Waals surface area contributed by atoms with Crippen LogP contribution in [-0.4, -0.2) is 22.8 Å². The predicted octanol–water partition coefficient (Wildman–Crippen LogP) is 1.90. The Bertz CT molecular complexity index is 555. The predicted molar refractivity (Wildman–Crippen MR) is 67.8 cm³/mol. The summed E-state index contributed by atoms with van der Waals surface area (Å²) in [6, 6.07) is 11.0. The highest BCUT2D eigenvalue weighted by molar-refractivity contribution is 5.95. The van der Waals surface area contributed by atoms with Crippen LogP contribution in [0.4, 0.5) is 5.82 Å². The first-order chi connectivity index (χ1) is 8.72. The highest BCUT2D eigenvalue weighted by Crippen LogP contribution is 2.19. The van der Waals surface area contributed by atoms with E-state index in [4.69, 9.17) is 10.5 Å². The quantitative estimate of drug-likeness (QED) is 0.833. The molecule has 0 aliphatic heterocycles. The van der Waals surface area contributed by atoms with Gasteiger partial charge in [0.15, 0.2) is 5.82 Å². The van der Waals surface area contributed by atoms with Gasteiger partial charge in [-0.05, 0) is 13.0 Å². The van der Waals surface area contributed by atoms with Crippen molar-refractivity contribution in [1.82, 2.24) is 10.2 Å². The number of carbonyl (C=O) groups is 1. The van der Waals surface area contributed by atoms with E-state index < -0.39 is 5.97 Å². The summed E-state index contributed by atoms with van der Waals surface area (Å²) in [5.74, 6) is -0.407. The van der Waals surface area contributed by atoms with E-state index in [1.807, 2.05) is 30.3 Å². The zero-order valence-corrected chi connectivity index (χ0v) is 9.96. The summed E-state index contributed by atoms with van der Waals surface area (Å²) < 4.78 is 4.91. The van der Waals surface area contributed by atoms with Crippen molar-refractivity contribution < 1.29 is 9.53 Å². The fourth-order valence-corrected chi connectivity index (χ4v) is 1.52. The number of benzene rings is 1. The second-order valence-corrected chi connectivity index (χ2v) is 3.61. The number of nitrogens with two attached hydrogens (primary N) is 1. The lowest BCUT2D eigenvalue weighted by molar-refractivity contribution is 0.0527. The van der Waals surface area contributed by atoms with Gasteiger partial charge in [0.05, 0.1) is 12.3 Å². The lowest BCUT2D eigenvalue weighted by atomic mass is 10.1. The van der Waals surface area contributed by atoms with Crippen LogP contribution in [0.15, 0.2) is 36.4 Å². The average Bonchev–Trinajstić information content (AvgIpc) is 2.40. The molecule has 0 aliphatic carbocycles. The van der Waals surface area contributed by atoms with E-state index in [1.54, 1.807) is 13.0 Å². The first kappa shape index (κ1) is 12.0. The van der Waals surface area contributed by atoms with Crippen molar-refractivity contribution >= 4 is 11.8 Å². The highest BCUT2D eigenvalue weighted by atomic mass is 16.5. The van der Waals surface area contributed by atoms with Crippen LogP contribution in [0.5, 0.6) is 0 Å². The number of esters is 1. The molecule has 18 heavy (non-hydrogen) atoms. The van der Waals surface area contributed by atoms with Crippen molar-refractivity contribution in [2.75, 3.05) is 12.3 Å². The van der Waals surface area contributed by atoms with Crippen LogP contribution in [0.25, 0.3) is 11.3 Å². The zero-order chi connectivity index (χ0) is 13.0. The smallest absolute Gasteiger partial charge is 0.342 e. The molecular formula is C13H13N3O2. The summed E-state index contributed by atoms with van der Waals surface area (Å²) in [7, 11) is 0. The van der Waals surface area contributed by atoms with Gasteiger partial charge < -0.3 is 10.5 Å². The maximum atomic E-state index is 11.7. The molecule has 2 aromatic rings. The Kier molecular flexibility index (Phi) is 3.52. The van der Waals surface area contributed by atoms with E-state index in [0.717, 1.165) is 5.56 Å². The van der Waals surface area contributed by atoms with E-state index in [9.17, 15) is 4.79 Å². The molecule has 1 heterocycles. The van der Waals surface area contributed by atoms with Gasteiger partial charge >= 0.3 is 5.97 Å². The van der Waals surface area contributed by atoms with Crippen molar-refractivity contribution in [1.29, 1.82) is 0 Å². The minimum absolute atomic E-state index is 0.0770. The maximum Gasteiger partial charge on any atom is 0.342 e. The minimum Gasteiger partial charge on any atom is -0.462 e. The van der Waals surface area contributed by atoms with Crippen molar-refractivity contribution in [3.63, 3.8) is 0 Å². The van der Waals surface area contributed by atoms with Crippen LogP contribution in [-0.2, 0) is 4.74 Å². The van der Waals surface area contributed by atoms with Crippen molar-refractivity contribution in [3.05, 3.63) is 42.0 Å². The van der Waals surface area contributed by atoms with Gasteiger partial charge in [-0.1, -0.05) is 30.3 Å². The van der Waals surface area contributed by atoms with Crippen LogP contribution >= 0.6 is 0 Å². The Morgan fingerprint density at radius 1 is 1.28 bits per heavy atom. The summed E-state index contributed by atoms with van der Waals surface area (Å²) in [6.07, 6.45) is 0. The Morgan fingerprint density at radius 2 is 2.00 bits per heavy atom. The second kappa shape index (κ2) is 5.27. The molecule has 2 N–H and O–H groups in total. The molecule has 0 atom stereocenters. The summed E-state index contributed by atoms with van der Waals surface area (Å²) in [6.45, 7) is 2.03. The van der Waals surface area contributed by atoms with E-state index >= 15 is 0 Å². The fraction of sp³-hybridized carbons (Fsp3) is 0.154. The van der Waals surface area contributed by atoms with E-state index in [0.29, 0.717) is 12.3 Å². The third-order valence-corrected chi connectivity index (χ3v) is 2.39. The molecule has 0 aliphatic rings. The van der Waals surface area contributed by atoms with Crippen molar-refractivity contribution in [2.45, 2.75) is 6.92 Å². The van der Waals surface area contributed by atoms with E-state index in [2.05, 4.69) is 10.2 Å². The normalized spacial score (nSPS) is 10.1. The van der Waals surface area contributed by atoms with Gasteiger partial charge in [-0.3, -0.25) is 0 Å². The monoisotopic (exact) mass is 243 g/mol. The van der Waals surface area contributed by atoms with Gasteiger partial charge in [0.2, 0.25) is 0 Å². The van der Waals surface area contributed by atoms with Crippen LogP contribution in [0.2, 0.25) is 0 Å². The molecule has 5 heteroatoms. The molecule has 92 valence electrons. The Balaban J connectivity index is 2.41. The number of hydrogen-bond donors (Lipinski definition) is 1. The van der Waals surface area contributed by atoms with Crippen LogP contribution < -0.4 is 5.73 Å². The van der Waals surface area contributed by atoms with Crippen molar-refractivity contribution in [2.24, 2.45) is 0 Å². The molecule has 1 aromatic carbocycles. The number of carbonyl (C=O) groups excluding carboxylic acids is 1. The van der Waals surface area contributed by atoms with E-state index in [1.165, 1.54) is 0 Å². The molecular weight excluding hydrogens is 230 g/mol. The molecule has 0 bridgehead atoms. The van der Waals surface area contributed by atoms with Gasteiger partial charge in [0, 0.05) is 5.56 Å². The minimum atomic E-state index is -0.484. The molecule has 0 radical (unpaired) electrons. The van der Waals surface area contributed by atoms with Crippen molar-refractivity contribution in [3.8, 4) is 11.3 Å². The Morgan fingerprint density at radius 3 is 2.67 bits per heavy atom. The van der Waals surface area contributed by atoms with Gasteiger partial charge in [-0.25, -0.2) is 4.79 Å². The molecule has 0 fully saturated rings. The molecule has 2 rings (SSSR count). The standard InChI is InChI=1S/C13H13N3O2/c1-2-18-13(17)10-8-11(15-16-12(10)14)9-6-4-3-5-7-9/h3-8H,2H2,1H3,(H2,14,16). The molecule has 0 amide bonds. The van der Waals surface area contributed by atoms with Crippen LogP contribution in [0, 0.1) is 0 Å². The second-order valence-electron chi connectivity index (χ2n) is 3.61. The highest BCUT2D eigenvalue weighted by Gasteiger charge is 2.14. The maximum absolute atomic E-state index is 11.7. The summed E-state index contributed by atoms with van der Waals surface area (Å²) in [5, 5.41) is 7.75. The lowest BCUT2D eigenvalue weighted by Gasteiger charge is -2.06. The first-order valence-corrected chi connectivity index (χ1v) is 5.58. The van der Waals surface area contributed by atoms with Gasteiger partial charge in [-0.15, -0.1) is 10.2 Å². The number of nitrogens with zero attached hydrogens (tertiary/aromatic N) is 2. The third kappa shape index (κ3) is 2.45. The average molecular weight is 243 g/mol. The Hall–Kier alpha value is -2.43. The van der Waals surface area contributed by atoms with Gasteiger partial charge in [0.1, 0.15) is 5.56 Å². The molecule has 0 unspecified atom stereocenters. The molecule has 1 aromatic heterocycles. The number of hydrogen-bond acceptors (Lipinski definition) is 5. The summed E-state index contributed by atoms with van der Waals surface area (Å²) in [5.41, 5.74) is 7.33. The molecule has 5 nitrogen and oxygen atoms in total. The van der Waals surface area contributed by atoms with Gasteiger partial charge in [-0.2, -0.15) is 0 Å². The number of anilines is 1. The largest absolute Gasteiger partial charge is 0.462 e. The molecule has 0 saturated heterocycles. The molecule has 0 spiro atoms. The summed E-state index contributed by atoms with van der Waals surface area (Å²) in [4.78, 5) is 11.7. The van der Waals surface area contributed by atoms with Crippen LogP contribution in [0.1, 0.15) is 17.3 Å². The SMILES string of the molecule is CCOC(=O)c1cc(-c2ccccc2)nnc1N. The number of aromatic nitrogens is 2. The molecule has 0 saturated carbocycles. The first-order valence-electron chi connectivity index (χ1n) is 5.58. The summed E-state index contributed by atoms with van der Waals surface area (Å²) >= 11 is 0. The van der Waals surface area contributed by atoms with E-state index in [-0.39, 0.29) is 11.4 Å². The third-order valence-electron chi connectivity index (χ3n) is 2.39. The lowest BCUT2D eigenvalue weighted by Crippen LogP contribution is -2.10. The number of rotatable bonds is 3. The number of ether oxygens (including phenoxy) is 1. The topological polar surface area (TPSA) is 78.1 Å². The van der Waals surface area contributed by atoms with Crippen LogP contribution in [0.3, 0.4) is 0 Å². The van der Waals surface area contributed by atoms with Gasteiger partial charge in [0.25, 0.3) is 0 Å².